The van der Waals surface area contributed by atoms with Gasteiger partial charge in [-0.1, -0.05) is 23.7 Å². The minimum atomic E-state index is -0.975. The van der Waals surface area contributed by atoms with Crippen LogP contribution in [0.4, 0.5) is 0 Å². The molecular weight excluding hydrogens is 258 g/mol. The zero-order chi connectivity index (χ0) is 13.1. The van der Waals surface area contributed by atoms with E-state index in [1.807, 2.05) is 0 Å². The molecule has 1 saturated heterocycles. The fourth-order valence-electron chi connectivity index (χ4n) is 1.83. The van der Waals surface area contributed by atoms with Gasteiger partial charge in [0.05, 0.1) is 29.8 Å². The lowest BCUT2D eigenvalue weighted by atomic mass is 10.0. The molecule has 1 fully saturated rings. The summed E-state index contributed by atoms with van der Waals surface area (Å²) >= 11 is 5.90. The van der Waals surface area contributed by atoms with Crippen molar-refractivity contribution >= 4 is 23.5 Å². The van der Waals surface area contributed by atoms with E-state index < -0.39 is 17.9 Å². The minimum absolute atomic E-state index is 0.114. The Hall–Kier alpha value is -1.59. The van der Waals surface area contributed by atoms with E-state index in [0.29, 0.717) is 10.6 Å². The molecule has 1 amide bonds. The van der Waals surface area contributed by atoms with E-state index in [1.54, 1.807) is 24.3 Å². The lowest BCUT2D eigenvalue weighted by Crippen LogP contribution is -2.42. The average Bonchev–Trinajstić information content (AvgIpc) is 2.77. The van der Waals surface area contributed by atoms with Crippen molar-refractivity contribution in [2.75, 3.05) is 13.2 Å². The number of carboxylic acids is 1. The highest BCUT2D eigenvalue weighted by Gasteiger charge is 2.35. The Morgan fingerprint density at radius 1 is 1.33 bits per heavy atom. The van der Waals surface area contributed by atoms with Crippen LogP contribution < -0.4 is 5.32 Å². The standard InChI is InChI=1S/C12H12ClNO4/c13-9-4-2-1-3-7(9)11(15)14-10-6-18-5-8(10)12(16)17/h1-4,8,10H,5-6H2,(H,14,15)(H,16,17). The van der Waals surface area contributed by atoms with Crippen molar-refractivity contribution in [3.8, 4) is 0 Å². The Morgan fingerprint density at radius 2 is 2.06 bits per heavy atom. The maximum atomic E-state index is 11.9. The lowest BCUT2D eigenvalue weighted by Gasteiger charge is -2.16. The number of rotatable bonds is 3. The molecule has 5 nitrogen and oxygen atoms in total. The van der Waals surface area contributed by atoms with Gasteiger partial charge in [-0.25, -0.2) is 0 Å². The maximum absolute atomic E-state index is 11.9. The topological polar surface area (TPSA) is 75.6 Å². The SMILES string of the molecule is O=C(NC1COCC1C(=O)O)c1ccccc1Cl. The van der Waals surface area contributed by atoms with Gasteiger partial charge in [-0.3, -0.25) is 9.59 Å². The van der Waals surface area contributed by atoms with Gasteiger partial charge in [0.15, 0.2) is 0 Å². The van der Waals surface area contributed by atoms with E-state index in [-0.39, 0.29) is 19.1 Å². The van der Waals surface area contributed by atoms with E-state index in [2.05, 4.69) is 5.32 Å². The Balaban J connectivity index is 2.08. The van der Waals surface area contributed by atoms with Crippen molar-refractivity contribution in [2.24, 2.45) is 5.92 Å². The Kier molecular flexibility index (Phi) is 3.84. The molecule has 2 rings (SSSR count). The second-order valence-corrected chi connectivity index (χ2v) is 4.45. The number of halogens is 1. The monoisotopic (exact) mass is 269 g/mol. The summed E-state index contributed by atoms with van der Waals surface area (Å²) in [4.78, 5) is 22.9. The molecular formula is C12H12ClNO4. The van der Waals surface area contributed by atoms with E-state index in [0.717, 1.165) is 0 Å². The minimum Gasteiger partial charge on any atom is -0.481 e. The van der Waals surface area contributed by atoms with Crippen LogP contribution in [0.15, 0.2) is 24.3 Å². The molecule has 2 unspecified atom stereocenters. The summed E-state index contributed by atoms with van der Waals surface area (Å²) in [5.74, 6) is -2.07. The van der Waals surface area contributed by atoms with Crippen molar-refractivity contribution in [2.45, 2.75) is 6.04 Å². The second-order valence-electron chi connectivity index (χ2n) is 4.04. The zero-order valence-electron chi connectivity index (χ0n) is 9.43. The van der Waals surface area contributed by atoms with Crippen LogP contribution in [0.25, 0.3) is 0 Å². The number of benzene rings is 1. The first-order valence-corrected chi connectivity index (χ1v) is 5.83. The van der Waals surface area contributed by atoms with Gasteiger partial charge in [-0.05, 0) is 12.1 Å². The first-order chi connectivity index (χ1) is 8.59. The van der Waals surface area contributed by atoms with Crippen LogP contribution in [0.1, 0.15) is 10.4 Å². The molecule has 1 aliphatic heterocycles. The van der Waals surface area contributed by atoms with Gasteiger partial charge in [0.1, 0.15) is 5.92 Å². The molecule has 18 heavy (non-hydrogen) atoms. The van der Waals surface area contributed by atoms with Crippen LogP contribution in [0.3, 0.4) is 0 Å². The number of amides is 1. The van der Waals surface area contributed by atoms with Crippen molar-refractivity contribution in [1.29, 1.82) is 0 Å². The molecule has 1 aliphatic rings. The predicted octanol–water partition coefficient (Wildman–Crippen LogP) is 1.17. The number of hydrogen-bond acceptors (Lipinski definition) is 3. The van der Waals surface area contributed by atoms with Crippen LogP contribution in [0.2, 0.25) is 5.02 Å². The van der Waals surface area contributed by atoms with Gasteiger partial charge in [-0.15, -0.1) is 0 Å². The van der Waals surface area contributed by atoms with Crippen molar-refractivity contribution in [1.82, 2.24) is 5.32 Å². The third-order valence-corrected chi connectivity index (χ3v) is 3.16. The largest absolute Gasteiger partial charge is 0.481 e. The molecule has 0 bridgehead atoms. The fraction of sp³-hybridized carbons (Fsp3) is 0.333. The highest BCUT2D eigenvalue weighted by molar-refractivity contribution is 6.33. The second kappa shape index (κ2) is 5.37. The zero-order valence-corrected chi connectivity index (χ0v) is 10.2. The van der Waals surface area contributed by atoms with Crippen molar-refractivity contribution in [3.05, 3.63) is 34.9 Å². The van der Waals surface area contributed by atoms with Crippen molar-refractivity contribution < 1.29 is 19.4 Å². The number of carbonyl (C=O) groups excluding carboxylic acids is 1. The summed E-state index contributed by atoms with van der Waals surface area (Å²) < 4.78 is 5.07. The predicted molar refractivity (Wildman–Crippen MR) is 64.7 cm³/mol. The first kappa shape index (κ1) is 12.9. The molecule has 1 aromatic rings. The first-order valence-electron chi connectivity index (χ1n) is 5.45. The average molecular weight is 270 g/mol. The van der Waals surface area contributed by atoms with Crippen molar-refractivity contribution in [3.63, 3.8) is 0 Å². The third kappa shape index (κ3) is 2.63. The van der Waals surface area contributed by atoms with Crippen LogP contribution in [-0.4, -0.2) is 36.2 Å². The molecule has 0 spiro atoms. The molecule has 2 N–H and O–H groups in total. The molecule has 0 radical (unpaired) electrons. The quantitative estimate of drug-likeness (QED) is 0.864. The summed E-state index contributed by atoms with van der Waals surface area (Å²) in [7, 11) is 0. The van der Waals surface area contributed by atoms with E-state index in [4.69, 9.17) is 21.4 Å². The van der Waals surface area contributed by atoms with E-state index in [1.165, 1.54) is 0 Å². The van der Waals surface area contributed by atoms with Crippen LogP contribution >= 0.6 is 11.6 Å². The van der Waals surface area contributed by atoms with Gasteiger partial charge in [0.25, 0.3) is 5.91 Å². The van der Waals surface area contributed by atoms with E-state index in [9.17, 15) is 9.59 Å². The van der Waals surface area contributed by atoms with Crippen LogP contribution in [0.5, 0.6) is 0 Å². The number of carboxylic acid groups (broad SMARTS) is 1. The molecule has 1 aromatic carbocycles. The maximum Gasteiger partial charge on any atom is 0.311 e. The van der Waals surface area contributed by atoms with Gasteiger partial charge >= 0.3 is 5.97 Å². The number of nitrogens with one attached hydrogen (secondary N) is 1. The Morgan fingerprint density at radius 3 is 2.72 bits per heavy atom. The molecule has 1 heterocycles. The third-order valence-electron chi connectivity index (χ3n) is 2.83. The number of carbonyl (C=O) groups is 2. The van der Waals surface area contributed by atoms with E-state index >= 15 is 0 Å². The summed E-state index contributed by atoms with van der Waals surface area (Å²) in [6.45, 7) is 0.315. The van der Waals surface area contributed by atoms with Gasteiger partial charge in [0, 0.05) is 0 Å². The van der Waals surface area contributed by atoms with Crippen LogP contribution in [0, 0.1) is 5.92 Å². The van der Waals surface area contributed by atoms with Crippen LogP contribution in [-0.2, 0) is 9.53 Å². The summed E-state index contributed by atoms with van der Waals surface area (Å²) in [5.41, 5.74) is 0.329. The summed E-state index contributed by atoms with van der Waals surface area (Å²) in [6, 6.07) is 6.09. The molecule has 6 heteroatoms. The number of aliphatic carboxylic acids is 1. The number of ether oxygens (including phenoxy) is 1. The summed E-state index contributed by atoms with van der Waals surface area (Å²) in [6.07, 6.45) is 0. The normalized spacial score (nSPS) is 22.7. The van der Waals surface area contributed by atoms with Gasteiger partial charge < -0.3 is 15.2 Å². The Labute approximate surface area is 109 Å². The smallest absolute Gasteiger partial charge is 0.311 e. The molecule has 2 atom stereocenters. The van der Waals surface area contributed by atoms with Gasteiger partial charge in [-0.2, -0.15) is 0 Å². The van der Waals surface area contributed by atoms with Gasteiger partial charge in [0.2, 0.25) is 0 Å². The Bertz CT molecular complexity index is 477. The highest BCUT2D eigenvalue weighted by atomic mass is 35.5. The molecule has 0 aliphatic carbocycles. The number of hydrogen-bond donors (Lipinski definition) is 2. The molecule has 96 valence electrons. The molecule has 0 saturated carbocycles. The highest BCUT2D eigenvalue weighted by Crippen LogP contribution is 2.18. The fourth-order valence-corrected chi connectivity index (χ4v) is 2.05. The summed E-state index contributed by atoms with van der Waals surface area (Å²) in [5, 5.41) is 11.9. The lowest BCUT2D eigenvalue weighted by molar-refractivity contribution is -0.142. The molecule has 0 aromatic heterocycles.